The maximum Gasteiger partial charge on any atom is 0.275 e. The molecule has 8 heteroatoms. The second kappa shape index (κ2) is 7.67. The van der Waals surface area contributed by atoms with Crippen LogP contribution in [-0.4, -0.2) is 54.5 Å². The highest BCUT2D eigenvalue weighted by atomic mass is 32.1. The summed E-state index contributed by atoms with van der Waals surface area (Å²) in [5, 5.41) is 0.772. The van der Waals surface area contributed by atoms with Crippen molar-refractivity contribution < 1.29 is 14.3 Å². The van der Waals surface area contributed by atoms with Crippen LogP contribution in [0.2, 0.25) is 0 Å². The molecule has 7 nitrogen and oxygen atoms in total. The third-order valence-corrected chi connectivity index (χ3v) is 7.28. The van der Waals surface area contributed by atoms with Crippen LogP contribution in [0.15, 0.2) is 24.3 Å². The third-order valence-electron chi connectivity index (χ3n) is 6.06. The molecule has 2 bridgehead atoms. The number of rotatable bonds is 6. The smallest absolute Gasteiger partial charge is 0.275 e. The number of anilines is 1. The summed E-state index contributed by atoms with van der Waals surface area (Å²) in [5.74, 6) is 0.258. The molecule has 2 aromatic rings. The number of fused-ring (bicyclic) bond motifs is 2. The van der Waals surface area contributed by atoms with Crippen molar-refractivity contribution in [2.75, 3.05) is 25.6 Å². The molecule has 0 spiro atoms. The normalized spacial score (nSPS) is 22.7. The minimum absolute atomic E-state index is 0.0669. The van der Waals surface area contributed by atoms with Gasteiger partial charge in [-0.3, -0.25) is 9.59 Å². The molecule has 1 aromatic carbocycles. The fourth-order valence-electron chi connectivity index (χ4n) is 4.48. The molecule has 3 atom stereocenters. The predicted molar refractivity (Wildman–Crippen MR) is 113 cm³/mol. The molecule has 29 heavy (non-hydrogen) atoms. The topological polar surface area (TPSA) is 88.8 Å². The Kier molecular flexibility index (Phi) is 5.21. The number of nitrogens with zero attached hydrogens (tertiary/aromatic N) is 3. The Morgan fingerprint density at radius 3 is 2.86 bits per heavy atom. The zero-order valence-electron chi connectivity index (χ0n) is 16.9. The van der Waals surface area contributed by atoms with E-state index in [0.717, 1.165) is 47.1 Å². The van der Waals surface area contributed by atoms with Crippen LogP contribution in [0.5, 0.6) is 5.75 Å². The maximum atomic E-state index is 13.6. The molecule has 1 aliphatic carbocycles. The number of carbonyl (C=O) groups is 2. The molecule has 1 saturated carbocycles. The number of ether oxygens (including phenoxy) is 1. The van der Waals surface area contributed by atoms with Crippen molar-refractivity contribution in [2.24, 2.45) is 11.7 Å². The molecule has 2 fully saturated rings. The number of methoxy groups -OCH3 is 1. The molecule has 2 heterocycles. The van der Waals surface area contributed by atoms with Gasteiger partial charge in [-0.15, -0.1) is 0 Å². The second-order valence-corrected chi connectivity index (χ2v) is 8.68. The van der Waals surface area contributed by atoms with E-state index in [1.165, 1.54) is 11.3 Å². The molecule has 2 N–H and O–H groups in total. The predicted octanol–water partition coefficient (Wildman–Crippen LogP) is 2.75. The van der Waals surface area contributed by atoms with E-state index in [1.54, 1.807) is 12.0 Å². The van der Waals surface area contributed by atoms with E-state index in [9.17, 15) is 9.59 Å². The van der Waals surface area contributed by atoms with Gasteiger partial charge >= 0.3 is 0 Å². The van der Waals surface area contributed by atoms with Crippen LogP contribution in [0, 0.1) is 5.92 Å². The molecular weight excluding hydrogens is 388 g/mol. The van der Waals surface area contributed by atoms with Crippen molar-refractivity contribution >= 4 is 28.3 Å². The lowest BCUT2D eigenvalue weighted by molar-refractivity contribution is -0.123. The van der Waals surface area contributed by atoms with E-state index in [0.29, 0.717) is 5.69 Å². The maximum absolute atomic E-state index is 13.6. The van der Waals surface area contributed by atoms with Gasteiger partial charge < -0.3 is 20.3 Å². The van der Waals surface area contributed by atoms with Gasteiger partial charge in [0.05, 0.1) is 12.0 Å². The molecule has 1 aliphatic heterocycles. The molecule has 154 valence electrons. The van der Waals surface area contributed by atoms with Crippen LogP contribution in [-0.2, 0) is 4.79 Å². The summed E-state index contributed by atoms with van der Waals surface area (Å²) in [6, 6.07) is 7.15. The Labute approximate surface area is 174 Å². The van der Waals surface area contributed by atoms with Gasteiger partial charge in [-0.2, -0.15) is 0 Å². The average Bonchev–Trinajstić information content (AvgIpc) is 3.46. The number of carbonyl (C=O) groups excluding carboxylic acids is 2. The highest BCUT2D eigenvalue weighted by Gasteiger charge is 2.51. The second-order valence-electron chi connectivity index (χ2n) is 7.71. The molecule has 2 aliphatic rings. The van der Waals surface area contributed by atoms with Crippen LogP contribution in [0.1, 0.15) is 36.7 Å². The summed E-state index contributed by atoms with van der Waals surface area (Å²) in [7, 11) is 3.57. The Morgan fingerprint density at radius 2 is 2.17 bits per heavy atom. The van der Waals surface area contributed by atoms with Gasteiger partial charge in [-0.1, -0.05) is 23.5 Å². The van der Waals surface area contributed by atoms with Crippen molar-refractivity contribution in [1.82, 2.24) is 9.88 Å². The highest BCUT2D eigenvalue weighted by molar-refractivity contribution is 7.19. The Morgan fingerprint density at radius 1 is 1.38 bits per heavy atom. The van der Waals surface area contributed by atoms with Crippen LogP contribution in [0.4, 0.5) is 5.13 Å². The van der Waals surface area contributed by atoms with E-state index in [4.69, 9.17) is 15.5 Å². The largest absolute Gasteiger partial charge is 0.497 e. The van der Waals surface area contributed by atoms with Crippen LogP contribution in [0.3, 0.4) is 0 Å². The summed E-state index contributed by atoms with van der Waals surface area (Å²) in [6.45, 7) is 2.81. The Bertz CT molecular complexity index is 944. The summed E-state index contributed by atoms with van der Waals surface area (Å²) < 4.78 is 5.36. The van der Waals surface area contributed by atoms with Gasteiger partial charge in [0, 0.05) is 19.6 Å². The molecule has 0 unspecified atom stereocenters. The van der Waals surface area contributed by atoms with E-state index < -0.39 is 11.9 Å². The number of primary amides is 1. The Balaban J connectivity index is 1.78. The fraction of sp³-hybridized carbons (Fsp3) is 0.476. The first-order valence-electron chi connectivity index (χ1n) is 9.93. The van der Waals surface area contributed by atoms with E-state index >= 15 is 0 Å². The first-order valence-corrected chi connectivity index (χ1v) is 10.7. The number of aromatic nitrogens is 1. The van der Waals surface area contributed by atoms with Gasteiger partial charge in [-0.05, 0) is 49.8 Å². The summed E-state index contributed by atoms with van der Waals surface area (Å²) in [6.07, 6.45) is 2.71. The van der Waals surface area contributed by atoms with Crippen molar-refractivity contribution in [2.45, 2.75) is 38.3 Å². The van der Waals surface area contributed by atoms with Crippen LogP contribution >= 0.6 is 11.3 Å². The molecule has 2 amide bonds. The molecule has 1 aromatic heterocycles. The van der Waals surface area contributed by atoms with Crippen molar-refractivity contribution in [3.63, 3.8) is 0 Å². The van der Waals surface area contributed by atoms with Gasteiger partial charge in [0.1, 0.15) is 17.5 Å². The molecular formula is C21H26N4O3S. The molecule has 0 radical (unpaired) electrons. The first-order chi connectivity index (χ1) is 13.9. The SMILES string of the molecule is CCN(C)c1nc(C(=O)N2[C@H]3CC[C@H](C3)[C@@H]2C(N)=O)c(-c2cccc(OC)c2)s1. The van der Waals surface area contributed by atoms with Crippen LogP contribution < -0.4 is 15.4 Å². The number of piperidine rings is 1. The quantitative estimate of drug-likeness (QED) is 0.785. The standard InChI is InChI=1S/C21H26N4O3S/c1-4-24(2)21-23-16(18(29-21)13-6-5-7-15(11-13)28-3)20(27)25-14-9-8-12(10-14)17(25)19(22)26/h5-7,11-12,14,17H,4,8-10H2,1-3H3,(H2,22,26)/t12-,14+,17-/m1/s1. The van der Waals surface area contributed by atoms with Gasteiger partial charge in [0.25, 0.3) is 5.91 Å². The zero-order chi connectivity index (χ0) is 20.7. The van der Waals surface area contributed by atoms with Crippen molar-refractivity contribution in [3.05, 3.63) is 30.0 Å². The summed E-state index contributed by atoms with van der Waals surface area (Å²) >= 11 is 1.48. The van der Waals surface area contributed by atoms with Crippen LogP contribution in [0.25, 0.3) is 10.4 Å². The minimum Gasteiger partial charge on any atom is -0.497 e. The summed E-state index contributed by atoms with van der Waals surface area (Å²) in [5.41, 5.74) is 6.94. The number of amides is 2. The number of thiazole rings is 1. The zero-order valence-corrected chi connectivity index (χ0v) is 17.7. The fourth-order valence-corrected chi connectivity index (χ4v) is 5.56. The number of hydrogen-bond acceptors (Lipinski definition) is 6. The lowest BCUT2D eigenvalue weighted by Gasteiger charge is -2.33. The van der Waals surface area contributed by atoms with Gasteiger partial charge in [-0.25, -0.2) is 4.98 Å². The van der Waals surface area contributed by atoms with E-state index in [1.807, 2.05) is 43.1 Å². The Hall–Kier alpha value is -2.61. The van der Waals surface area contributed by atoms with Gasteiger partial charge in [0.2, 0.25) is 5.91 Å². The monoisotopic (exact) mass is 414 g/mol. The first kappa shape index (κ1) is 19.7. The highest BCUT2D eigenvalue weighted by Crippen LogP contribution is 2.44. The number of likely N-dealkylation sites (tertiary alicyclic amines) is 1. The minimum atomic E-state index is -0.534. The van der Waals surface area contributed by atoms with E-state index in [-0.39, 0.29) is 17.9 Å². The van der Waals surface area contributed by atoms with Crippen molar-refractivity contribution in [1.29, 1.82) is 0 Å². The van der Waals surface area contributed by atoms with Crippen molar-refractivity contribution in [3.8, 4) is 16.2 Å². The van der Waals surface area contributed by atoms with Gasteiger partial charge in [0.15, 0.2) is 5.13 Å². The third kappa shape index (κ3) is 3.35. The lowest BCUT2D eigenvalue weighted by Crippen LogP contribution is -2.51. The van der Waals surface area contributed by atoms with E-state index in [2.05, 4.69) is 0 Å². The molecule has 1 saturated heterocycles. The summed E-state index contributed by atoms with van der Waals surface area (Å²) in [4.78, 5) is 34.9. The lowest BCUT2D eigenvalue weighted by atomic mass is 9.97. The number of nitrogens with two attached hydrogens (primary N) is 1. The number of hydrogen-bond donors (Lipinski definition) is 1. The molecule has 4 rings (SSSR count). The average molecular weight is 415 g/mol. The number of benzene rings is 1.